The first-order valence-corrected chi connectivity index (χ1v) is 11.5. The molecular weight excluding hydrogens is 402 g/mol. The van der Waals surface area contributed by atoms with Crippen molar-refractivity contribution in [2.75, 3.05) is 27.8 Å². The van der Waals surface area contributed by atoms with Gasteiger partial charge in [0.25, 0.3) is 0 Å². The van der Waals surface area contributed by atoms with Gasteiger partial charge in [0.05, 0.1) is 20.3 Å². The summed E-state index contributed by atoms with van der Waals surface area (Å²) >= 11 is 0. The molecule has 2 aromatic carbocycles. The van der Waals surface area contributed by atoms with Gasteiger partial charge in [-0.15, -0.1) is 0 Å². The van der Waals surface area contributed by atoms with E-state index >= 15 is 0 Å². The number of rotatable bonds is 6. The summed E-state index contributed by atoms with van der Waals surface area (Å²) in [5.74, 6) is 1.54. The largest absolute Gasteiger partial charge is 0.493 e. The molecule has 0 bridgehead atoms. The van der Waals surface area contributed by atoms with Gasteiger partial charge < -0.3 is 25.0 Å². The number of nitrogens with one attached hydrogen (secondary N) is 2. The Morgan fingerprint density at radius 2 is 1.84 bits per heavy atom. The number of carbonyl (C=O) groups is 1. The molecule has 1 aliphatic heterocycles. The van der Waals surface area contributed by atoms with E-state index in [-0.39, 0.29) is 23.5 Å². The molecule has 1 saturated heterocycles. The first-order chi connectivity index (χ1) is 15.5. The number of likely N-dealkylation sites (tertiary alicyclic amines) is 1. The molecule has 2 aliphatic rings. The number of carbonyl (C=O) groups excluding carboxylic acids is 1. The lowest BCUT2D eigenvalue weighted by Gasteiger charge is -2.45. The molecule has 2 fully saturated rings. The van der Waals surface area contributed by atoms with Crippen molar-refractivity contribution in [3.8, 4) is 11.5 Å². The fraction of sp³-hybridized carbons (Fsp3) is 0.500. The molecule has 0 radical (unpaired) electrons. The van der Waals surface area contributed by atoms with Crippen LogP contribution in [0.15, 0.2) is 48.5 Å². The molecule has 2 N–H and O–H groups in total. The van der Waals surface area contributed by atoms with E-state index in [0.29, 0.717) is 6.04 Å². The predicted molar refractivity (Wildman–Crippen MR) is 126 cm³/mol. The number of hydrogen-bond acceptors (Lipinski definition) is 4. The van der Waals surface area contributed by atoms with Gasteiger partial charge in [0, 0.05) is 17.5 Å². The van der Waals surface area contributed by atoms with Crippen LogP contribution in [0.4, 0.5) is 4.79 Å². The first-order valence-electron chi connectivity index (χ1n) is 11.5. The first kappa shape index (κ1) is 22.5. The second kappa shape index (κ2) is 9.41. The molecule has 6 heteroatoms. The number of nitrogens with zero attached hydrogens (tertiary/aromatic N) is 1. The van der Waals surface area contributed by atoms with E-state index in [1.54, 1.807) is 14.2 Å². The Balaban J connectivity index is 1.45. The third kappa shape index (κ3) is 4.29. The third-order valence-corrected chi connectivity index (χ3v) is 7.47. The Labute approximate surface area is 191 Å². The molecule has 172 valence electrons. The van der Waals surface area contributed by atoms with Crippen molar-refractivity contribution in [2.24, 2.45) is 0 Å². The minimum Gasteiger partial charge on any atom is -0.493 e. The Morgan fingerprint density at radius 3 is 2.56 bits per heavy atom. The molecule has 4 atom stereocenters. The molecule has 1 heterocycles. The van der Waals surface area contributed by atoms with Crippen molar-refractivity contribution >= 4 is 6.03 Å². The highest BCUT2D eigenvalue weighted by atomic mass is 16.5. The van der Waals surface area contributed by atoms with E-state index in [9.17, 15) is 4.79 Å². The van der Waals surface area contributed by atoms with Crippen LogP contribution in [-0.4, -0.2) is 50.8 Å². The Kier molecular flexibility index (Phi) is 6.60. The average Bonchev–Trinajstić information content (AvgIpc) is 3.16. The molecule has 4 rings (SSSR count). The molecule has 0 unspecified atom stereocenters. The normalized spacial score (nSPS) is 26.1. The highest BCUT2D eigenvalue weighted by Gasteiger charge is 2.50. The number of likely N-dealkylation sites (N-methyl/N-ethyl adjacent to an activating group) is 1. The van der Waals surface area contributed by atoms with E-state index in [2.05, 4.69) is 34.7 Å². The van der Waals surface area contributed by atoms with Crippen LogP contribution in [0.25, 0.3) is 0 Å². The van der Waals surface area contributed by atoms with Gasteiger partial charge >= 0.3 is 6.03 Å². The lowest BCUT2D eigenvalue weighted by Crippen LogP contribution is -2.53. The summed E-state index contributed by atoms with van der Waals surface area (Å²) in [4.78, 5) is 15.2. The molecule has 1 aliphatic carbocycles. The zero-order valence-corrected chi connectivity index (χ0v) is 19.6. The van der Waals surface area contributed by atoms with Crippen LogP contribution >= 0.6 is 0 Å². The van der Waals surface area contributed by atoms with Gasteiger partial charge in [-0.3, -0.25) is 0 Å². The number of fused-ring (bicyclic) bond motifs is 1. The second-order valence-corrected chi connectivity index (χ2v) is 9.19. The molecule has 0 spiro atoms. The topological polar surface area (TPSA) is 62.8 Å². The van der Waals surface area contributed by atoms with Crippen LogP contribution in [0.1, 0.15) is 49.8 Å². The van der Waals surface area contributed by atoms with E-state index < -0.39 is 0 Å². The quantitative estimate of drug-likeness (QED) is 0.709. The molecular formula is C26H35N3O3. The SMILES string of the molecule is COc1ccc([C@@]23CC[C@H](NC(=O)N[C@@H](C)c4ccccc4)C[C@H]2N(C)CC3)cc1OC. The van der Waals surface area contributed by atoms with Gasteiger partial charge in [-0.25, -0.2) is 4.79 Å². The number of urea groups is 1. The predicted octanol–water partition coefficient (Wildman–Crippen LogP) is 4.26. The summed E-state index contributed by atoms with van der Waals surface area (Å²) in [6.45, 7) is 3.07. The smallest absolute Gasteiger partial charge is 0.315 e. The summed E-state index contributed by atoms with van der Waals surface area (Å²) in [5.41, 5.74) is 2.50. The summed E-state index contributed by atoms with van der Waals surface area (Å²) in [6, 6.07) is 16.8. The van der Waals surface area contributed by atoms with E-state index in [1.165, 1.54) is 5.56 Å². The van der Waals surface area contributed by atoms with Gasteiger partial charge in [-0.2, -0.15) is 0 Å². The van der Waals surface area contributed by atoms with E-state index in [1.807, 2.05) is 43.3 Å². The molecule has 1 saturated carbocycles. The van der Waals surface area contributed by atoms with Crippen molar-refractivity contribution in [1.29, 1.82) is 0 Å². The summed E-state index contributed by atoms with van der Waals surface area (Å²) in [6.07, 6.45) is 4.06. The Hall–Kier alpha value is -2.73. The highest BCUT2D eigenvalue weighted by Crippen LogP contribution is 2.49. The fourth-order valence-electron chi connectivity index (χ4n) is 5.64. The van der Waals surface area contributed by atoms with Crippen molar-refractivity contribution in [1.82, 2.24) is 15.5 Å². The molecule has 2 amide bonds. The van der Waals surface area contributed by atoms with Crippen LogP contribution in [0.3, 0.4) is 0 Å². The number of benzene rings is 2. The maximum atomic E-state index is 12.7. The zero-order chi connectivity index (χ0) is 22.7. The molecule has 6 nitrogen and oxygen atoms in total. The van der Waals surface area contributed by atoms with Gasteiger partial charge in [0.1, 0.15) is 0 Å². The van der Waals surface area contributed by atoms with Crippen molar-refractivity contribution < 1.29 is 14.3 Å². The summed E-state index contributed by atoms with van der Waals surface area (Å²) in [5, 5.41) is 6.33. The van der Waals surface area contributed by atoms with Gasteiger partial charge in [0.2, 0.25) is 0 Å². The Morgan fingerprint density at radius 1 is 1.09 bits per heavy atom. The minimum atomic E-state index is -0.0920. The monoisotopic (exact) mass is 437 g/mol. The second-order valence-electron chi connectivity index (χ2n) is 9.19. The fourth-order valence-corrected chi connectivity index (χ4v) is 5.64. The van der Waals surface area contributed by atoms with E-state index in [0.717, 1.165) is 49.3 Å². The number of amides is 2. The van der Waals surface area contributed by atoms with Crippen molar-refractivity contribution in [3.63, 3.8) is 0 Å². The Bertz CT molecular complexity index is 935. The molecule has 0 aromatic heterocycles. The zero-order valence-electron chi connectivity index (χ0n) is 19.6. The average molecular weight is 438 g/mol. The lowest BCUT2D eigenvalue weighted by atomic mass is 9.65. The van der Waals surface area contributed by atoms with Crippen molar-refractivity contribution in [3.05, 3.63) is 59.7 Å². The van der Waals surface area contributed by atoms with Crippen LogP contribution in [0.5, 0.6) is 11.5 Å². The maximum absolute atomic E-state index is 12.7. The minimum absolute atomic E-state index is 0.0280. The number of ether oxygens (including phenoxy) is 2. The maximum Gasteiger partial charge on any atom is 0.315 e. The van der Waals surface area contributed by atoms with Crippen LogP contribution in [-0.2, 0) is 5.41 Å². The van der Waals surface area contributed by atoms with Gasteiger partial charge in [0.15, 0.2) is 11.5 Å². The van der Waals surface area contributed by atoms with Gasteiger partial charge in [-0.1, -0.05) is 36.4 Å². The standard InChI is InChI=1S/C26H35N3O3/c1-18(19-8-6-5-7-9-19)27-25(30)28-21-12-13-26(14-15-29(2)24(26)17-21)20-10-11-22(31-3)23(16-20)32-4/h5-11,16,18,21,24H,12-15,17H2,1-4H3,(H2,27,28,30)/t18-,21-,24+,26-/m0/s1. The van der Waals surface area contributed by atoms with Crippen molar-refractivity contribution in [2.45, 2.75) is 56.1 Å². The summed E-state index contributed by atoms with van der Waals surface area (Å²) in [7, 11) is 5.56. The third-order valence-electron chi connectivity index (χ3n) is 7.47. The van der Waals surface area contributed by atoms with Gasteiger partial charge in [-0.05, 0) is 69.5 Å². The number of methoxy groups -OCH3 is 2. The lowest BCUT2D eigenvalue weighted by molar-refractivity contribution is 0.154. The summed E-state index contributed by atoms with van der Waals surface area (Å²) < 4.78 is 11.0. The van der Waals surface area contributed by atoms with E-state index in [4.69, 9.17) is 9.47 Å². The molecule has 2 aromatic rings. The van der Waals surface area contributed by atoms with Crippen LogP contribution in [0.2, 0.25) is 0 Å². The molecule has 32 heavy (non-hydrogen) atoms. The van der Waals surface area contributed by atoms with Crippen LogP contribution in [0, 0.1) is 0 Å². The highest BCUT2D eigenvalue weighted by molar-refractivity contribution is 5.74. The van der Waals surface area contributed by atoms with Crippen LogP contribution < -0.4 is 20.1 Å². The number of hydrogen-bond donors (Lipinski definition) is 2.